The van der Waals surface area contributed by atoms with E-state index in [4.69, 9.17) is 9.47 Å². The maximum atomic E-state index is 6.93. The number of rotatable bonds is 6. The Hall–Kier alpha value is -6.78. The monoisotopic (exact) mass is 665 g/mol. The standard InChI is InChI=1S/C48H32BNO2/c1-5-13-33(14-6-1)36-21-25-40(26-22-36)50(39-19-11-4-12-20-39)41-31-46-48-47(32-41)52-45-30-38(35-17-9-3-10-18-35)24-28-43(45)49(48)42-27-23-37(29-44(42)51-46)34-15-7-2-8-16-34/h1-32H. The van der Waals surface area contributed by atoms with Crippen molar-refractivity contribution in [3.8, 4) is 56.4 Å². The summed E-state index contributed by atoms with van der Waals surface area (Å²) in [6, 6.07) is 68.3. The summed E-state index contributed by atoms with van der Waals surface area (Å²) in [7, 11) is 0. The van der Waals surface area contributed by atoms with Gasteiger partial charge in [0.25, 0.3) is 6.71 Å². The highest BCUT2D eigenvalue weighted by molar-refractivity contribution is 6.98. The van der Waals surface area contributed by atoms with Crippen molar-refractivity contribution in [1.29, 1.82) is 0 Å². The highest BCUT2D eigenvalue weighted by atomic mass is 16.5. The van der Waals surface area contributed by atoms with Crippen LogP contribution in [0.2, 0.25) is 0 Å². The molecule has 2 aliphatic heterocycles. The lowest BCUT2D eigenvalue weighted by molar-refractivity contribution is 0.465. The first-order valence-electron chi connectivity index (χ1n) is 17.7. The topological polar surface area (TPSA) is 21.7 Å². The van der Waals surface area contributed by atoms with Crippen LogP contribution >= 0.6 is 0 Å². The van der Waals surface area contributed by atoms with Crippen LogP contribution in [0.25, 0.3) is 33.4 Å². The normalized spacial score (nSPS) is 12.1. The number of hydrogen-bond donors (Lipinski definition) is 0. The predicted octanol–water partition coefficient (Wildman–Crippen LogP) is 10.9. The van der Waals surface area contributed by atoms with Crippen LogP contribution in [-0.4, -0.2) is 6.71 Å². The number of nitrogens with zero attached hydrogens (tertiary/aromatic N) is 1. The molecule has 0 saturated heterocycles. The van der Waals surface area contributed by atoms with Crippen molar-refractivity contribution in [3.63, 3.8) is 0 Å². The van der Waals surface area contributed by atoms with E-state index >= 15 is 0 Å². The second-order valence-corrected chi connectivity index (χ2v) is 13.3. The lowest BCUT2D eigenvalue weighted by atomic mass is 9.34. The van der Waals surface area contributed by atoms with Gasteiger partial charge in [0.2, 0.25) is 0 Å². The lowest BCUT2D eigenvalue weighted by Crippen LogP contribution is -2.57. The van der Waals surface area contributed by atoms with Crippen molar-refractivity contribution >= 4 is 40.2 Å². The Morgan fingerprint density at radius 3 is 1.17 bits per heavy atom. The Bertz CT molecular complexity index is 2440. The summed E-state index contributed by atoms with van der Waals surface area (Å²) < 4.78 is 13.9. The van der Waals surface area contributed by atoms with Crippen molar-refractivity contribution in [1.82, 2.24) is 0 Å². The lowest BCUT2D eigenvalue weighted by Gasteiger charge is -2.35. The summed E-state index contributed by atoms with van der Waals surface area (Å²) in [5.74, 6) is 3.32. The van der Waals surface area contributed by atoms with Gasteiger partial charge >= 0.3 is 0 Å². The molecule has 0 atom stereocenters. The molecule has 3 nitrogen and oxygen atoms in total. The van der Waals surface area contributed by atoms with Crippen molar-refractivity contribution in [2.45, 2.75) is 0 Å². The molecule has 0 spiro atoms. The van der Waals surface area contributed by atoms with Gasteiger partial charge in [-0.3, -0.25) is 0 Å². The van der Waals surface area contributed by atoms with E-state index in [1.54, 1.807) is 0 Å². The van der Waals surface area contributed by atoms with Crippen LogP contribution in [-0.2, 0) is 0 Å². The number of hydrogen-bond acceptors (Lipinski definition) is 3. The zero-order chi connectivity index (χ0) is 34.4. The zero-order valence-corrected chi connectivity index (χ0v) is 28.3. The highest BCUT2D eigenvalue weighted by Crippen LogP contribution is 2.43. The van der Waals surface area contributed by atoms with E-state index in [0.717, 1.165) is 78.7 Å². The molecule has 0 unspecified atom stereocenters. The van der Waals surface area contributed by atoms with Crippen molar-refractivity contribution in [3.05, 3.63) is 194 Å². The van der Waals surface area contributed by atoms with Gasteiger partial charge in [-0.05, 0) is 80.7 Å². The van der Waals surface area contributed by atoms with Gasteiger partial charge in [0.05, 0.1) is 5.69 Å². The largest absolute Gasteiger partial charge is 0.458 e. The van der Waals surface area contributed by atoms with Gasteiger partial charge in [0.1, 0.15) is 23.0 Å². The SMILES string of the molecule is c1ccc(-c2ccc(N(c3ccccc3)c3cc4c5c(c3)Oc3cc(-c6ccccc6)ccc3B5c3ccc(-c5ccccc5)cc3O4)cc2)cc1. The first kappa shape index (κ1) is 30.1. The van der Waals surface area contributed by atoms with E-state index in [1.165, 1.54) is 11.1 Å². The van der Waals surface area contributed by atoms with Crippen LogP contribution in [0.3, 0.4) is 0 Å². The highest BCUT2D eigenvalue weighted by Gasteiger charge is 2.41. The molecule has 244 valence electrons. The summed E-state index contributed by atoms with van der Waals surface area (Å²) in [4.78, 5) is 2.28. The fourth-order valence-electron chi connectivity index (χ4n) is 7.69. The Kier molecular flexibility index (Phi) is 7.25. The van der Waals surface area contributed by atoms with Gasteiger partial charge in [-0.25, -0.2) is 0 Å². The Labute approximate surface area is 304 Å². The summed E-state index contributed by atoms with van der Waals surface area (Å²) in [5.41, 5.74) is 13.3. The van der Waals surface area contributed by atoms with Gasteiger partial charge in [0, 0.05) is 29.0 Å². The molecule has 4 heteroatoms. The Morgan fingerprint density at radius 2 is 0.692 bits per heavy atom. The molecule has 0 radical (unpaired) electrons. The third kappa shape index (κ3) is 5.24. The molecule has 52 heavy (non-hydrogen) atoms. The first-order valence-corrected chi connectivity index (χ1v) is 17.7. The predicted molar refractivity (Wildman–Crippen MR) is 215 cm³/mol. The average Bonchev–Trinajstić information content (AvgIpc) is 3.22. The molecule has 0 saturated carbocycles. The van der Waals surface area contributed by atoms with Crippen LogP contribution in [0, 0.1) is 0 Å². The van der Waals surface area contributed by atoms with Crippen LogP contribution in [0.1, 0.15) is 0 Å². The Morgan fingerprint density at radius 1 is 0.308 bits per heavy atom. The molecular formula is C48H32BNO2. The summed E-state index contributed by atoms with van der Waals surface area (Å²) in [6.07, 6.45) is 0. The van der Waals surface area contributed by atoms with Gasteiger partial charge in [-0.15, -0.1) is 0 Å². The average molecular weight is 666 g/mol. The van der Waals surface area contributed by atoms with E-state index < -0.39 is 0 Å². The minimum absolute atomic E-state index is 0.0449. The quantitative estimate of drug-likeness (QED) is 0.165. The molecule has 8 aromatic carbocycles. The molecule has 0 aliphatic carbocycles. The molecule has 8 aromatic rings. The van der Waals surface area contributed by atoms with E-state index in [1.807, 2.05) is 18.2 Å². The Balaban J connectivity index is 1.15. The van der Waals surface area contributed by atoms with Crippen LogP contribution in [0.4, 0.5) is 17.1 Å². The number of anilines is 3. The first-order chi connectivity index (χ1) is 25.8. The number of ether oxygens (including phenoxy) is 2. The fraction of sp³-hybridized carbons (Fsp3) is 0. The molecule has 0 amide bonds. The van der Waals surface area contributed by atoms with Crippen molar-refractivity contribution < 1.29 is 9.47 Å². The van der Waals surface area contributed by atoms with Crippen molar-refractivity contribution in [2.24, 2.45) is 0 Å². The minimum Gasteiger partial charge on any atom is -0.458 e. The summed E-state index contributed by atoms with van der Waals surface area (Å²) in [6.45, 7) is -0.0449. The molecule has 2 heterocycles. The molecule has 0 N–H and O–H groups in total. The van der Waals surface area contributed by atoms with Gasteiger partial charge < -0.3 is 14.4 Å². The molecular weight excluding hydrogens is 633 g/mol. The molecule has 0 aromatic heterocycles. The van der Waals surface area contributed by atoms with Gasteiger partial charge in [0.15, 0.2) is 0 Å². The van der Waals surface area contributed by atoms with Crippen molar-refractivity contribution in [2.75, 3.05) is 4.90 Å². The van der Waals surface area contributed by atoms with Crippen LogP contribution < -0.4 is 30.8 Å². The van der Waals surface area contributed by atoms with E-state index in [-0.39, 0.29) is 6.71 Å². The third-order valence-corrected chi connectivity index (χ3v) is 10.2. The summed E-state index contributed by atoms with van der Waals surface area (Å²) >= 11 is 0. The second-order valence-electron chi connectivity index (χ2n) is 13.3. The molecule has 0 bridgehead atoms. The minimum atomic E-state index is -0.0449. The fourth-order valence-corrected chi connectivity index (χ4v) is 7.69. The van der Waals surface area contributed by atoms with Crippen LogP contribution in [0.5, 0.6) is 23.0 Å². The smallest absolute Gasteiger partial charge is 0.260 e. The van der Waals surface area contributed by atoms with E-state index in [2.05, 4.69) is 181 Å². The maximum Gasteiger partial charge on any atom is 0.260 e. The zero-order valence-electron chi connectivity index (χ0n) is 28.3. The maximum absolute atomic E-state index is 6.93. The molecule has 2 aliphatic rings. The van der Waals surface area contributed by atoms with Crippen LogP contribution in [0.15, 0.2) is 194 Å². The second kappa shape index (κ2) is 12.5. The molecule has 10 rings (SSSR count). The van der Waals surface area contributed by atoms with E-state index in [0.29, 0.717) is 0 Å². The third-order valence-electron chi connectivity index (χ3n) is 10.2. The van der Waals surface area contributed by atoms with Gasteiger partial charge in [-0.2, -0.15) is 0 Å². The molecule has 0 fully saturated rings. The summed E-state index contributed by atoms with van der Waals surface area (Å²) in [5, 5.41) is 0. The number of benzene rings is 8. The van der Waals surface area contributed by atoms with Gasteiger partial charge in [-0.1, -0.05) is 146 Å². The number of fused-ring (bicyclic) bond motifs is 4. The number of para-hydroxylation sites is 1. The van der Waals surface area contributed by atoms with E-state index in [9.17, 15) is 0 Å².